The zero-order valence-corrected chi connectivity index (χ0v) is 20.3. The fourth-order valence-electron chi connectivity index (χ4n) is 5.09. The van der Waals surface area contributed by atoms with Crippen LogP contribution in [0.3, 0.4) is 0 Å². The summed E-state index contributed by atoms with van der Waals surface area (Å²) in [5.74, 6) is 1.67. The summed E-state index contributed by atoms with van der Waals surface area (Å²) in [6.45, 7) is 10.6. The second-order valence-electron chi connectivity index (χ2n) is 9.15. The lowest BCUT2D eigenvalue weighted by atomic mass is 10.0. The molecule has 1 atom stereocenters. The maximum atomic E-state index is 12.3. The number of thiophene rings is 1. The molecule has 8 heteroatoms. The van der Waals surface area contributed by atoms with Gasteiger partial charge in [0.15, 0.2) is 0 Å². The molecule has 4 heterocycles. The number of anilines is 1. The molecule has 0 saturated carbocycles. The topological polar surface area (TPSA) is 78.6 Å². The van der Waals surface area contributed by atoms with Crippen molar-refractivity contribution >= 4 is 33.3 Å². The van der Waals surface area contributed by atoms with Gasteiger partial charge in [0, 0.05) is 31.1 Å². The number of nitrogens with two attached hydrogens (primary N) is 1. The van der Waals surface area contributed by atoms with Crippen LogP contribution in [0.4, 0.5) is 5.82 Å². The third kappa shape index (κ3) is 4.47. The number of nitrogens with zero attached hydrogens (tertiary/aromatic N) is 5. The van der Waals surface area contributed by atoms with Crippen molar-refractivity contribution in [1.82, 2.24) is 19.8 Å². The van der Waals surface area contributed by atoms with Crippen LogP contribution >= 0.6 is 11.3 Å². The van der Waals surface area contributed by atoms with Crippen molar-refractivity contribution < 1.29 is 4.79 Å². The molecule has 7 nitrogen and oxygen atoms in total. The highest BCUT2D eigenvalue weighted by atomic mass is 32.1. The number of primary amides is 1. The summed E-state index contributed by atoms with van der Waals surface area (Å²) in [5, 5.41) is 1.19. The summed E-state index contributed by atoms with van der Waals surface area (Å²) < 4.78 is 0. The molecule has 3 aromatic rings. The van der Waals surface area contributed by atoms with Crippen LogP contribution in [0.2, 0.25) is 0 Å². The third-order valence-corrected chi connectivity index (χ3v) is 8.08. The predicted octanol–water partition coefficient (Wildman–Crippen LogP) is 3.25. The van der Waals surface area contributed by atoms with Crippen LogP contribution in [0.25, 0.3) is 10.2 Å². The highest BCUT2D eigenvalue weighted by Crippen LogP contribution is 2.36. The fourth-order valence-corrected chi connectivity index (χ4v) is 6.14. The Kier molecular flexibility index (Phi) is 6.32. The van der Waals surface area contributed by atoms with Gasteiger partial charge >= 0.3 is 0 Å². The quantitative estimate of drug-likeness (QED) is 0.603. The Morgan fingerprint density at radius 1 is 1.03 bits per heavy atom. The average Bonchev–Trinajstić information content (AvgIpc) is 3.42. The normalized spacial score (nSPS) is 18.8. The number of carbonyl (C=O) groups excluding carboxylic acids is 1. The number of aryl methyl sites for hydroxylation is 2. The number of rotatable bonds is 6. The lowest BCUT2D eigenvalue weighted by Gasteiger charge is -2.39. The van der Waals surface area contributed by atoms with E-state index in [9.17, 15) is 4.79 Å². The molecular formula is C25H32N6OS. The molecule has 2 saturated heterocycles. The molecule has 0 bridgehead atoms. The van der Waals surface area contributed by atoms with Crippen molar-refractivity contribution in [2.24, 2.45) is 5.73 Å². The van der Waals surface area contributed by atoms with Crippen molar-refractivity contribution in [3.05, 3.63) is 52.2 Å². The van der Waals surface area contributed by atoms with Crippen LogP contribution in [-0.2, 0) is 11.3 Å². The second kappa shape index (κ2) is 9.37. The van der Waals surface area contributed by atoms with E-state index < -0.39 is 6.04 Å². The number of likely N-dealkylation sites (tertiary alicyclic amines) is 1. The molecule has 2 aliphatic heterocycles. The summed E-state index contributed by atoms with van der Waals surface area (Å²) in [5.41, 5.74) is 8.06. The zero-order chi connectivity index (χ0) is 22.9. The van der Waals surface area contributed by atoms with Gasteiger partial charge in [-0.05, 0) is 50.9 Å². The van der Waals surface area contributed by atoms with Crippen molar-refractivity contribution in [2.75, 3.05) is 44.2 Å². The Balaban J connectivity index is 1.41. The van der Waals surface area contributed by atoms with Crippen LogP contribution in [0.15, 0.2) is 30.3 Å². The van der Waals surface area contributed by atoms with E-state index in [0.717, 1.165) is 67.8 Å². The van der Waals surface area contributed by atoms with E-state index in [2.05, 4.69) is 28.5 Å². The summed E-state index contributed by atoms with van der Waals surface area (Å²) in [6, 6.07) is 9.46. The van der Waals surface area contributed by atoms with Gasteiger partial charge in [0.25, 0.3) is 0 Å². The number of aromatic nitrogens is 2. The fraction of sp³-hybridized carbons (Fsp3) is 0.480. The predicted molar refractivity (Wildman–Crippen MR) is 134 cm³/mol. The Bertz CT molecular complexity index is 1130. The van der Waals surface area contributed by atoms with E-state index in [4.69, 9.17) is 15.7 Å². The van der Waals surface area contributed by atoms with Gasteiger partial charge in [-0.1, -0.05) is 30.3 Å². The first kappa shape index (κ1) is 22.3. The van der Waals surface area contributed by atoms with E-state index in [1.807, 2.05) is 30.3 Å². The average molecular weight is 465 g/mol. The largest absolute Gasteiger partial charge is 0.368 e. The molecule has 1 amide bonds. The standard InChI is InChI=1S/C25H32N6OS/c1-17-18(2)33-25-21(17)24(27-20(28-25)16-29-10-6-7-11-29)31-14-12-30(13-15-31)22(23(26)32)19-8-4-3-5-9-19/h3-5,8-9,22H,6-7,10-16H2,1-2H3,(H2,26,32)/t22-/m0/s1. The van der Waals surface area contributed by atoms with Crippen molar-refractivity contribution in [3.8, 4) is 0 Å². The van der Waals surface area contributed by atoms with E-state index in [1.165, 1.54) is 28.7 Å². The van der Waals surface area contributed by atoms with Gasteiger partial charge in [-0.15, -0.1) is 11.3 Å². The van der Waals surface area contributed by atoms with Gasteiger partial charge in [-0.25, -0.2) is 9.97 Å². The summed E-state index contributed by atoms with van der Waals surface area (Å²) >= 11 is 1.77. The van der Waals surface area contributed by atoms with Gasteiger partial charge in [0.1, 0.15) is 22.5 Å². The molecule has 0 radical (unpaired) electrons. The van der Waals surface area contributed by atoms with E-state index in [1.54, 1.807) is 11.3 Å². The number of amides is 1. The first-order valence-corrected chi connectivity index (χ1v) is 12.6. The number of fused-ring (bicyclic) bond motifs is 1. The molecule has 0 aliphatic carbocycles. The summed E-state index contributed by atoms with van der Waals surface area (Å²) in [4.78, 5) is 31.8. The highest BCUT2D eigenvalue weighted by molar-refractivity contribution is 7.18. The van der Waals surface area contributed by atoms with Crippen molar-refractivity contribution in [1.29, 1.82) is 0 Å². The van der Waals surface area contributed by atoms with Gasteiger partial charge in [0.2, 0.25) is 5.91 Å². The highest BCUT2D eigenvalue weighted by Gasteiger charge is 2.30. The summed E-state index contributed by atoms with van der Waals surface area (Å²) in [6.07, 6.45) is 2.52. The molecule has 2 fully saturated rings. The van der Waals surface area contributed by atoms with Crippen LogP contribution in [0, 0.1) is 13.8 Å². The monoisotopic (exact) mass is 464 g/mol. The number of piperazine rings is 1. The van der Waals surface area contributed by atoms with Gasteiger partial charge < -0.3 is 10.6 Å². The molecule has 2 aromatic heterocycles. The van der Waals surface area contributed by atoms with E-state index in [0.29, 0.717) is 0 Å². The molecule has 2 aliphatic rings. The second-order valence-corrected chi connectivity index (χ2v) is 10.4. The minimum absolute atomic E-state index is 0.295. The first-order chi connectivity index (χ1) is 16.0. The third-order valence-electron chi connectivity index (χ3n) is 6.98. The molecule has 174 valence electrons. The SMILES string of the molecule is Cc1sc2nc(CN3CCCC3)nc(N3CCN([C@H](C(N)=O)c4ccccc4)CC3)c2c1C. The lowest BCUT2D eigenvalue weighted by molar-refractivity contribution is -0.123. The zero-order valence-electron chi connectivity index (χ0n) is 19.5. The van der Waals surface area contributed by atoms with Gasteiger partial charge in [-0.3, -0.25) is 14.6 Å². The molecule has 1 aromatic carbocycles. The number of hydrogen-bond donors (Lipinski definition) is 1. The molecular weight excluding hydrogens is 432 g/mol. The molecule has 2 N–H and O–H groups in total. The van der Waals surface area contributed by atoms with E-state index in [-0.39, 0.29) is 5.91 Å². The smallest absolute Gasteiger partial charge is 0.239 e. The maximum absolute atomic E-state index is 12.3. The Morgan fingerprint density at radius 3 is 2.39 bits per heavy atom. The maximum Gasteiger partial charge on any atom is 0.239 e. The Hall–Kier alpha value is -2.55. The van der Waals surface area contributed by atoms with Crippen LogP contribution < -0.4 is 10.6 Å². The van der Waals surface area contributed by atoms with Crippen molar-refractivity contribution in [2.45, 2.75) is 39.3 Å². The minimum Gasteiger partial charge on any atom is -0.368 e. The van der Waals surface area contributed by atoms with Gasteiger partial charge in [0.05, 0.1) is 11.9 Å². The molecule has 0 unspecified atom stereocenters. The van der Waals surface area contributed by atoms with Crippen LogP contribution in [-0.4, -0.2) is 64.9 Å². The first-order valence-electron chi connectivity index (χ1n) is 11.8. The molecule has 33 heavy (non-hydrogen) atoms. The van der Waals surface area contributed by atoms with Crippen LogP contribution in [0.5, 0.6) is 0 Å². The number of carbonyl (C=O) groups is 1. The van der Waals surface area contributed by atoms with Gasteiger partial charge in [-0.2, -0.15) is 0 Å². The Morgan fingerprint density at radius 2 is 1.73 bits per heavy atom. The van der Waals surface area contributed by atoms with E-state index >= 15 is 0 Å². The number of hydrogen-bond acceptors (Lipinski definition) is 7. The molecule has 5 rings (SSSR count). The lowest BCUT2D eigenvalue weighted by Crippen LogP contribution is -2.50. The van der Waals surface area contributed by atoms with Crippen molar-refractivity contribution in [3.63, 3.8) is 0 Å². The minimum atomic E-state index is -0.394. The molecule has 0 spiro atoms. The number of benzene rings is 1. The summed E-state index contributed by atoms with van der Waals surface area (Å²) in [7, 11) is 0. The Labute approximate surface area is 199 Å². The van der Waals surface area contributed by atoms with Crippen LogP contribution in [0.1, 0.15) is 40.7 Å².